The molecule has 0 fully saturated rings. The molecule has 0 saturated carbocycles. The smallest absolute Gasteiger partial charge is 0.342 e. The van der Waals surface area contributed by atoms with Crippen LogP contribution in [0.2, 0.25) is 5.02 Å². The van der Waals surface area contributed by atoms with Crippen LogP contribution in [0.3, 0.4) is 0 Å². The largest absolute Gasteiger partial charge is 0.496 e. The Hall–Kier alpha value is -2.25. The van der Waals surface area contributed by atoms with Gasteiger partial charge in [-0.3, -0.25) is 4.79 Å². The van der Waals surface area contributed by atoms with Crippen LogP contribution in [0.25, 0.3) is 0 Å². The minimum Gasteiger partial charge on any atom is -0.496 e. The molecule has 0 saturated heterocycles. The molecule has 138 valence electrons. The number of carbonyl (C=O) groups excluding carboxylic acids is 2. The molecule has 0 aliphatic carbocycles. The molecule has 5 nitrogen and oxygen atoms in total. The summed E-state index contributed by atoms with van der Waals surface area (Å²) in [6.07, 6.45) is 0.813. The lowest BCUT2D eigenvalue weighted by molar-refractivity contribution is -0.123. The van der Waals surface area contributed by atoms with Gasteiger partial charge < -0.3 is 14.8 Å². The third-order valence-electron chi connectivity index (χ3n) is 3.47. The van der Waals surface area contributed by atoms with Crippen molar-refractivity contribution in [2.24, 2.45) is 0 Å². The second-order valence-corrected chi connectivity index (χ2v) is 6.51. The van der Waals surface area contributed by atoms with E-state index in [2.05, 4.69) is 5.32 Å². The lowest BCUT2D eigenvalue weighted by Gasteiger charge is -2.15. The molecule has 8 heteroatoms. The van der Waals surface area contributed by atoms with E-state index in [9.17, 15) is 14.0 Å². The van der Waals surface area contributed by atoms with Crippen molar-refractivity contribution >= 4 is 40.9 Å². The van der Waals surface area contributed by atoms with Crippen LogP contribution >= 0.6 is 23.4 Å². The fourth-order valence-corrected chi connectivity index (χ4v) is 2.71. The first-order chi connectivity index (χ1) is 12.3. The Labute approximate surface area is 159 Å². The highest BCUT2D eigenvalue weighted by atomic mass is 35.5. The zero-order chi connectivity index (χ0) is 19.3. The van der Waals surface area contributed by atoms with Gasteiger partial charge in [-0.1, -0.05) is 11.6 Å². The lowest BCUT2D eigenvalue weighted by atomic mass is 10.2. The minimum absolute atomic E-state index is 0.0474. The maximum Gasteiger partial charge on any atom is 0.342 e. The van der Waals surface area contributed by atoms with E-state index in [0.717, 1.165) is 17.0 Å². The summed E-state index contributed by atoms with van der Waals surface area (Å²) in [7, 11) is 1.45. The van der Waals surface area contributed by atoms with Gasteiger partial charge in [-0.2, -0.15) is 0 Å². The molecule has 2 rings (SSSR count). The van der Waals surface area contributed by atoms with Crippen LogP contribution in [-0.2, 0) is 9.53 Å². The van der Waals surface area contributed by atoms with Crippen molar-refractivity contribution in [1.29, 1.82) is 0 Å². The molecule has 26 heavy (non-hydrogen) atoms. The van der Waals surface area contributed by atoms with Crippen LogP contribution in [0, 0.1) is 5.82 Å². The van der Waals surface area contributed by atoms with Crippen LogP contribution in [-0.4, -0.2) is 31.3 Å². The van der Waals surface area contributed by atoms with Crippen LogP contribution in [0.1, 0.15) is 17.3 Å². The van der Waals surface area contributed by atoms with Gasteiger partial charge >= 0.3 is 5.97 Å². The van der Waals surface area contributed by atoms with Gasteiger partial charge in [-0.15, -0.1) is 11.8 Å². The number of ether oxygens (including phenoxy) is 2. The summed E-state index contributed by atoms with van der Waals surface area (Å²) in [5.74, 6) is -1.45. The van der Waals surface area contributed by atoms with Crippen LogP contribution < -0.4 is 10.1 Å². The van der Waals surface area contributed by atoms with E-state index >= 15 is 0 Å². The molecular weight excluding hydrogens is 381 g/mol. The number of methoxy groups -OCH3 is 1. The number of thioether (sulfide) groups is 1. The van der Waals surface area contributed by atoms with Crippen molar-refractivity contribution in [3.63, 3.8) is 0 Å². The summed E-state index contributed by atoms with van der Waals surface area (Å²) < 4.78 is 23.4. The highest BCUT2D eigenvalue weighted by molar-refractivity contribution is 7.98. The zero-order valence-electron chi connectivity index (χ0n) is 14.3. The van der Waals surface area contributed by atoms with Gasteiger partial charge in [0.1, 0.15) is 17.1 Å². The molecule has 1 N–H and O–H groups in total. The normalized spacial score (nSPS) is 11.6. The summed E-state index contributed by atoms with van der Waals surface area (Å²) in [5.41, 5.74) is 0.438. The predicted octanol–water partition coefficient (Wildman–Crippen LogP) is 4.39. The molecule has 0 radical (unpaired) electrons. The molecular formula is C18H17ClFNO4S. The van der Waals surface area contributed by atoms with Crippen molar-refractivity contribution in [3.05, 3.63) is 52.8 Å². The molecule has 2 aromatic rings. The predicted molar refractivity (Wildman–Crippen MR) is 99.7 cm³/mol. The van der Waals surface area contributed by atoms with Gasteiger partial charge in [0.15, 0.2) is 6.10 Å². The molecule has 0 spiro atoms. The molecule has 0 bridgehead atoms. The number of halogens is 2. The van der Waals surface area contributed by atoms with Crippen molar-refractivity contribution in [1.82, 2.24) is 0 Å². The number of hydrogen-bond acceptors (Lipinski definition) is 5. The van der Waals surface area contributed by atoms with E-state index < -0.39 is 23.8 Å². The van der Waals surface area contributed by atoms with Gasteiger partial charge in [-0.25, -0.2) is 9.18 Å². The second-order valence-electron chi connectivity index (χ2n) is 5.23. The Morgan fingerprint density at radius 3 is 2.58 bits per heavy atom. The van der Waals surface area contributed by atoms with Crippen LogP contribution in [0.15, 0.2) is 41.3 Å². The summed E-state index contributed by atoms with van der Waals surface area (Å²) in [6.45, 7) is 1.42. The van der Waals surface area contributed by atoms with E-state index in [-0.39, 0.29) is 16.3 Å². The summed E-state index contributed by atoms with van der Waals surface area (Å²) in [4.78, 5) is 25.5. The number of anilines is 1. The van der Waals surface area contributed by atoms with E-state index in [1.165, 1.54) is 31.9 Å². The Morgan fingerprint density at radius 2 is 1.96 bits per heavy atom. The van der Waals surface area contributed by atoms with E-state index in [4.69, 9.17) is 21.1 Å². The van der Waals surface area contributed by atoms with Crippen molar-refractivity contribution in [3.8, 4) is 5.75 Å². The van der Waals surface area contributed by atoms with E-state index in [0.29, 0.717) is 5.75 Å². The van der Waals surface area contributed by atoms with Gasteiger partial charge in [0, 0.05) is 4.90 Å². The number of nitrogens with one attached hydrogen (secondary N) is 1. The average Bonchev–Trinajstić information content (AvgIpc) is 2.63. The van der Waals surface area contributed by atoms with Crippen molar-refractivity contribution in [2.45, 2.75) is 17.9 Å². The fourth-order valence-electron chi connectivity index (χ4n) is 2.07. The Bertz CT molecular complexity index is 831. The fraction of sp³-hybridized carbons (Fsp3) is 0.222. The van der Waals surface area contributed by atoms with Crippen LogP contribution in [0.4, 0.5) is 10.1 Å². The first kappa shape index (κ1) is 20.1. The lowest BCUT2D eigenvalue weighted by Crippen LogP contribution is -2.30. The molecule has 1 unspecified atom stereocenters. The van der Waals surface area contributed by atoms with Crippen LogP contribution in [0.5, 0.6) is 5.75 Å². The molecule has 0 aliphatic rings. The zero-order valence-corrected chi connectivity index (χ0v) is 15.9. The van der Waals surface area contributed by atoms with E-state index in [1.54, 1.807) is 18.2 Å². The molecule has 0 heterocycles. The molecule has 0 aromatic heterocycles. The first-order valence-electron chi connectivity index (χ1n) is 7.54. The minimum atomic E-state index is -1.09. The van der Waals surface area contributed by atoms with Gasteiger partial charge in [0.25, 0.3) is 5.91 Å². The average molecular weight is 398 g/mol. The SMILES string of the molecule is COc1cc(SC)ccc1C(=O)OC(C)C(=O)Nc1ccc(F)cc1Cl. The third kappa shape index (κ3) is 4.89. The van der Waals surface area contributed by atoms with E-state index in [1.807, 2.05) is 6.26 Å². The molecule has 1 amide bonds. The number of benzene rings is 2. The van der Waals surface area contributed by atoms with Crippen molar-refractivity contribution in [2.75, 3.05) is 18.7 Å². The number of carbonyl (C=O) groups is 2. The number of hydrogen-bond donors (Lipinski definition) is 1. The number of esters is 1. The monoisotopic (exact) mass is 397 g/mol. The highest BCUT2D eigenvalue weighted by Gasteiger charge is 2.22. The maximum absolute atomic E-state index is 13.0. The highest BCUT2D eigenvalue weighted by Crippen LogP contribution is 2.26. The number of rotatable bonds is 6. The first-order valence-corrected chi connectivity index (χ1v) is 9.15. The molecule has 2 aromatic carbocycles. The summed E-state index contributed by atoms with van der Waals surface area (Å²) in [6, 6.07) is 8.61. The molecule has 1 atom stereocenters. The Morgan fingerprint density at radius 1 is 1.23 bits per heavy atom. The standard InChI is InChI=1S/C18H17ClFNO4S/c1-10(17(22)21-15-7-4-11(20)8-14(15)19)25-18(23)13-6-5-12(26-3)9-16(13)24-2/h4-10H,1-3H3,(H,21,22). The van der Waals surface area contributed by atoms with Gasteiger partial charge in [0.2, 0.25) is 0 Å². The maximum atomic E-state index is 13.0. The van der Waals surface area contributed by atoms with Crippen molar-refractivity contribution < 1.29 is 23.5 Å². The topological polar surface area (TPSA) is 64.6 Å². The summed E-state index contributed by atoms with van der Waals surface area (Å²) in [5, 5.41) is 2.54. The quantitative estimate of drug-likeness (QED) is 0.578. The molecule has 0 aliphatic heterocycles. The Balaban J connectivity index is 2.07. The Kier molecular flexibility index (Phi) is 6.88. The van der Waals surface area contributed by atoms with Gasteiger partial charge in [0.05, 0.1) is 17.8 Å². The number of amides is 1. The third-order valence-corrected chi connectivity index (χ3v) is 4.51. The summed E-state index contributed by atoms with van der Waals surface area (Å²) >= 11 is 7.37. The second kappa shape index (κ2) is 8.91. The van der Waals surface area contributed by atoms with Gasteiger partial charge in [-0.05, 0) is 49.6 Å².